The summed E-state index contributed by atoms with van der Waals surface area (Å²) in [6.45, 7) is 6.54. The number of phenols is 1. The van der Waals surface area contributed by atoms with Crippen LogP contribution < -0.4 is 14.8 Å². The molecule has 1 aromatic heterocycles. The van der Waals surface area contributed by atoms with Crippen LogP contribution in [0.2, 0.25) is 0 Å². The summed E-state index contributed by atoms with van der Waals surface area (Å²) in [6.07, 6.45) is 5.91. The molecule has 1 aliphatic heterocycles. The van der Waals surface area contributed by atoms with Crippen molar-refractivity contribution < 1.29 is 29.3 Å². The third-order valence-electron chi connectivity index (χ3n) is 9.77. The van der Waals surface area contributed by atoms with Gasteiger partial charge in [-0.05, 0) is 71.7 Å². The van der Waals surface area contributed by atoms with Crippen LogP contribution in [0.3, 0.4) is 0 Å². The van der Waals surface area contributed by atoms with Crippen molar-refractivity contribution in [2.24, 2.45) is 5.41 Å². The molecule has 0 unspecified atom stereocenters. The number of fused-ring (bicyclic) bond motifs is 5. The average Bonchev–Trinajstić information content (AvgIpc) is 3.22. The average molecular weight is 611 g/mol. The molecule has 0 spiro atoms. The van der Waals surface area contributed by atoms with E-state index < -0.39 is 22.8 Å². The number of aromatic nitrogens is 1. The Bertz CT molecular complexity index is 1740. The van der Waals surface area contributed by atoms with Gasteiger partial charge in [0.2, 0.25) is 0 Å². The molecule has 6 rings (SSSR count). The largest absolute Gasteiger partial charge is 0.508 e. The molecular formula is C37H42N2O6. The van der Waals surface area contributed by atoms with Crippen LogP contribution in [0.15, 0.2) is 60.7 Å². The number of nitrogens with zero attached hydrogens (tertiary/aromatic N) is 1. The molecule has 1 aliphatic carbocycles. The smallest absolute Gasteiger partial charge is 0.330 e. The van der Waals surface area contributed by atoms with Crippen molar-refractivity contribution in [1.82, 2.24) is 9.88 Å². The molecule has 3 N–H and O–H groups in total. The van der Waals surface area contributed by atoms with Crippen LogP contribution in [0.5, 0.6) is 17.2 Å². The maximum Gasteiger partial charge on any atom is 0.330 e. The quantitative estimate of drug-likeness (QED) is 0.203. The van der Waals surface area contributed by atoms with Crippen molar-refractivity contribution in [2.45, 2.75) is 77.3 Å². The van der Waals surface area contributed by atoms with E-state index in [4.69, 9.17) is 9.47 Å². The SMILES string of the molecule is COc1ccc2c(c1)OCCn1c-2c(C2CCCCC2)c2ccc(C(=O)N[C@](Cc3ccc(O)cc3)(C(=O)O)C(C)(C)C)cc21. The van der Waals surface area contributed by atoms with Crippen molar-refractivity contribution in [3.63, 3.8) is 0 Å². The number of carboxylic acids is 1. The second-order valence-corrected chi connectivity index (χ2v) is 13.4. The molecule has 0 radical (unpaired) electrons. The summed E-state index contributed by atoms with van der Waals surface area (Å²) < 4.78 is 14.0. The molecule has 8 nitrogen and oxygen atoms in total. The van der Waals surface area contributed by atoms with Gasteiger partial charge in [0.15, 0.2) is 0 Å². The zero-order valence-electron chi connectivity index (χ0n) is 26.5. The number of ether oxygens (including phenoxy) is 2. The summed E-state index contributed by atoms with van der Waals surface area (Å²) in [5.74, 6) is 0.465. The van der Waals surface area contributed by atoms with E-state index in [2.05, 4.69) is 16.0 Å². The zero-order chi connectivity index (χ0) is 31.9. The lowest BCUT2D eigenvalue weighted by Gasteiger charge is -2.42. The lowest BCUT2D eigenvalue weighted by Crippen LogP contribution is -2.63. The van der Waals surface area contributed by atoms with E-state index in [0.717, 1.165) is 46.5 Å². The fourth-order valence-electron chi connectivity index (χ4n) is 7.17. The Morgan fingerprint density at radius 1 is 1.00 bits per heavy atom. The number of carbonyl (C=O) groups is 2. The van der Waals surface area contributed by atoms with E-state index in [0.29, 0.717) is 30.2 Å². The number of hydrogen-bond acceptors (Lipinski definition) is 5. The van der Waals surface area contributed by atoms with E-state index in [1.165, 1.54) is 37.0 Å². The summed E-state index contributed by atoms with van der Waals surface area (Å²) in [5, 5.41) is 24.5. The Hall–Kier alpha value is -4.46. The van der Waals surface area contributed by atoms with Crippen molar-refractivity contribution in [3.05, 3.63) is 77.4 Å². The van der Waals surface area contributed by atoms with Crippen LogP contribution in [0.25, 0.3) is 22.2 Å². The van der Waals surface area contributed by atoms with Crippen molar-refractivity contribution in [3.8, 4) is 28.5 Å². The number of carbonyl (C=O) groups excluding carboxylic acids is 1. The number of aliphatic carboxylic acids is 1. The Morgan fingerprint density at radius 2 is 1.73 bits per heavy atom. The van der Waals surface area contributed by atoms with Gasteiger partial charge >= 0.3 is 5.97 Å². The molecule has 8 heteroatoms. The van der Waals surface area contributed by atoms with Gasteiger partial charge in [-0.1, -0.05) is 58.2 Å². The van der Waals surface area contributed by atoms with E-state index in [1.54, 1.807) is 19.2 Å². The molecule has 236 valence electrons. The van der Waals surface area contributed by atoms with E-state index in [-0.39, 0.29) is 12.2 Å². The predicted octanol–water partition coefficient (Wildman–Crippen LogP) is 7.30. The minimum atomic E-state index is -1.61. The van der Waals surface area contributed by atoms with E-state index in [9.17, 15) is 19.8 Å². The van der Waals surface area contributed by atoms with Gasteiger partial charge < -0.3 is 29.6 Å². The highest BCUT2D eigenvalue weighted by Crippen LogP contribution is 2.48. The minimum absolute atomic E-state index is 0.0596. The number of nitrogens with one attached hydrogen (secondary N) is 1. The second-order valence-electron chi connectivity index (χ2n) is 13.4. The molecule has 45 heavy (non-hydrogen) atoms. The summed E-state index contributed by atoms with van der Waals surface area (Å²) in [5.41, 5.74) is 3.05. The highest BCUT2D eigenvalue weighted by molar-refractivity contribution is 6.03. The van der Waals surface area contributed by atoms with Crippen molar-refractivity contribution in [2.75, 3.05) is 13.7 Å². The normalized spacial score (nSPS) is 16.5. The highest BCUT2D eigenvalue weighted by atomic mass is 16.5. The minimum Gasteiger partial charge on any atom is -0.508 e. The predicted molar refractivity (Wildman–Crippen MR) is 174 cm³/mol. The third-order valence-corrected chi connectivity index (χ3v) is 9.77. The number of phenolic OH excluding ortho intramolecular Hbond substituents is 1. The maximum absolute atomic E-state index is 14.1. The van der Waals surface area contributed by atoms with Gasteiger partial charge in [0, 0.05) is 34.5 Å². The first-order valence-electron chi connectivity index (χ1n) is 15.8. The number of benzene rings is 3. The number of hydrogen-bond donors (Lipinski definition) is 3. The number of aromatic hydroxyl groups is 1. The van der Waals surface area contributed by atoms with Gasteiger partial charge in [0.1, 0.15) is 29.4 Å². The Labute approximate surface area is 264 Å². The molecule has 0 saturated heterocycles. The topological polar surface area (TPSA) is 110 Å². The zero-order valence-corrected chi connectivity index (χ0v) is 26.5. The summed E-state index contributed by atoms with van der Waals surface area (Å²) in [7, 11) is 1.65. The highest BCUT2D eigenvalue weighted by Gasteiger charge is 2.50. The lowest BCUT2D eigenvalue weighted by atomic mass is 9.70. The number of carboxylic acid groups (broad SMARTS) is 1. The summed E-state index contributed by atoms with van der Waals surface area (Å²) in [4.78, 5) is 27.0. The van der Waals surface area contributed by atoms with Crippen molar-refractivity contribution in [1.29, 1.82) is 0 Å². The van der Waals surface area contributed by atoms with E-state index in [1.807, 2.05) is 51.1 Å². The van der Waals surface area contributed by atoms with Crippen LogP contribution in [-0.4, -0.2) is 45.9 Å². The van der Waals surface area contributed by atoms with Crippen LogP contribution >= 0.6 is 0 Å². The van der Waals surface area contributed by atoms with Gasteiger partial charge in [-0.25, -0.2) is 4.79 Å². The van der Waals surface area contributed by atoms with Crippen LogP contribution in [0.4, 0.5) is 0 Å². The standard InChI is InChI=1S/C37H42N2O6/c1-36(2,3)37(35(42)43,22-23-10-13-26(40)14-11-23)38-34(41)25-12-16-28-30(20-25)39-18-19-45-31-21-27(44-4)15-17-29(31)33(39)32(28)24-8-6-5-7-9-24/h10-17,20-21,24,40H,5-9,18-19,22H2,1-4H3,(H,38,41)(H,42,43)/t37-/m1/s1. The van der Waals surface area contributed by atoms with Crippen molar-refractivity contribution >= 4 is 22.8 Å². The molecule has 1 atom stereocenters. The third kappa shape index (κ3) is 5.51. The second kappa shape index (κ2) is 11.8. The summed E-state index contributed by atoms with van der Waals surface area (Å²) in [6, 6.07) is 18.2. The lowest BCUT2D eigenvalue weighted by molar-refractivity contribution is -0.149. The van der Waals surface area contributed by atoms with Gasteiger partial charge in [-0.2, -0.15) is 0 Å². The van der Waals surface area contributed by atoms with Crippen LogP contribution in [0.1, 0.15) is 80.3 Å². The van der Waals surface area contributed by atoms with Gasteiger partial charge in [0.25, 0.3) is 5.91 Å². The van der Waals surface area contributed by atoms with Gasteiger partial charge in [-0.15, -0.1) is 0 Å². The van der Waals surface area contributed by atoms with Crippen LogP contribution in [-0.2, 0) is 17.8 Å². The number of rotatable bonds is 7. The molecule has 1 amide bonds. The molecule has 1 fully saturated rings. The fourth-order valence-corrected chi connectivity index (χ4v) is 7.17. The molecule has 0 bridgehead atoms. The summed E-state index contributed by atoms with van der Waals surface area (Å²) >= 11 is 0. The van der Waals surface area contributed by atoms with E-state index >= 15 is 0 Å². The molecule has 2 aliphatic rings. The molecule has 3 aromatic carbocycles. The Morgan fingerprint density at radius 3 is 2.40 bits per heavy atom. The Balaban J connectivity index is 1.46. The first-order chi connectivity index (χ1) is 21.5. The van der Waals surface area contributed by atoms with Gasteiger partial charge in [0.05, 0.1) is 19.3 Å². The Kier molecular flexibility index (Phi) is 8.02. The molecule has 1 saturated carbocycles. The number of methoxy groups -OCH3 is 1. The first kappa shape index (κ1) is 30.6. The molecular weight excluding hydrogens is 568 g/mol. The fraction of sp³-hybridized carbons (Fsp3) is 0.405. The molecule has 2 heterocycles. The van der Waals surface area contributed by atoms with Gasteiger partial charge in [-0.3, -0.25) is 4.79 Å². The molecule has 4 aromatic rings. The number of amides is 1. The first-order valence-corrected chi connectivity index (χ1v) is 15.8. The van der Waals surface area contributed by atoms with Crippen LogP contribution in [0, 0.1) is 5.41 Å². The monoisotopic (exact) mass is 610 g/mol. The maximum atomic E-state index is 14.1.